The van der Waals surface area contributed by atoms with Gasteiger partial charge in [-0.3, -0.25) is 4.90 Å². The Morgan fingerprint density at radius 2 is 1.95 bits per heavy atom. The van der Waals surface area contributed by atoms with E-state index in [0.29, 0.717) is 18.0 Å². The maximum atomic E-state index is 6.06. The predicted molar refractivity (Wildman–Crippen MR) is 79.4 cm³/mol. The monoisotopic (exact) mass is 262 g/mol. The summed E-state index contributed by atoms with van der Waals surface area (Å²) in [7, 11) is 1.70. The Bertz CT molecular complexity index is 388. The summed E-state index contributed by atoms with van der Waals surface area (Å²) in [4.78, 5) is 2.55. The zero-order valence-corrected chi connectivity index (χ0v) is 12.3. The van der Waals surface area contributed by atoms with Gasteiger partial charge < -0.3 is 10.5 Å². The van der Waals surface area contributed by atoms with Crippen molar-refractivity contribution in [1.29, 1.82) is 0 Å². The molecule has 0 radical (unpaired) electrons. The maximum Gasteiger partial charge on any atom is 0.118 e. The summed E-state index contributed by atoms with van der Waals surface area (Å²) < 4.78 is 5.21. The van der Waals surface area contributed by atoms with Crippen LogP contribution in [0.25, 0.3) is 0 Å². The quantitative estimate of drug-likeness (QED) is 0.907. The molecule has 0 spiro atoms. The summed E-state index contributed by atoms with van der Waals surface area (Å²) in [5.74, 6) is 1.55. The second kappa shape index (κ2) is 6.40. The molecular formula is C16H26N2O. The largest absolute Gasteiger partial charge is 0.497 e. The van der Waals surface area contributed by atoms with Gasteiger partial charge in [0.15, 0.2) is 0 Å². The lowest BCUT2D eigenvalue weighted by atomic mass is 9.90. The molecule has 1 fully saturated rings. The van der Waals surface area contributed by atoms with E-state index in [-0.39, 0.29) is 0 Å². The first-order valence-corrected chi connectivity index (χ1v) is 7.25. The standard InChI is InChI=1S/C16H26N2O/c1-12(17)15-5-4-10-18(11-15)13(2)14-6-8-16(19-3)9-7-14/h6-9,12-13,15H,4-5,10-11,17H2,1-3H3. The third-order valence-corrected chi connectivity index (χ3v) is 4.38. The van der Waals surface area contributed by atoms with Gasteiger partial charge in [-0.1, -0.05) is 12.1 Å². The lowest BCUT2D eigenvalue weighted by Gasteiger charge is -2.38. The fraction of sp³-hybridized carbons (Fsp3) is 0.625. The Labute approximate surface area is 116 Å². The molecule has 2 rings (SSSR count). The highest BCUT2D eigenvalue weighted by Crippen LogP contribution is 2.28. The van der Waals surface area contributed by atoms with Crippen LogP contribution in [0.15, 0.2) is 24.3 Å². The van der Waals surface area contributed by atoms with Gasteiger partial charge in [0.2, 0.25) is 0 Å². The van der Waals surface area contributed by atoms with Gasteiger partial charge >= 0.3 is 0 Å². The second-order valence-corrected chi connectivity index (χ2v) is 5.71. The average Bonchev–Trinajstić information content (AvgIpc) is 2.46. The Kier molecular flexibility index (Phi) is 4.83. The number of piperidine rings is 1. The van der Waals surface area contributed by atoms with Crippen LogP contribution in [-0.4, -0.2) is 31.1 Å². The number of hydrogen-bond donors (Lipinski definition) is 1. The van der Waals surface area contributed by atoms with Crippen molar-refractivity contribution in [3.63, 3.8) is 0 Å². The fourth-order valence-corrected chi connectivity index (χ4v) is 2.91. The Balaban J connectivity index is 2.03. The van der Waals surface area contributed by atoms with Crippen LogP contribution in [-0.2, 0) is 0 Å². The highest BCUT2D eigenvalue weighted by Gasteiger charge is 2.26. The molecule has 0 aromatic heterocycles. The summed E-state index contributed by atoms with van der Waals surface area (Å²) in [5.41, 5.74) is 7.42. The minimum Gasteiger partial charge on any atom is -0.497 e. The molecule has 0 bridgehead atoms. The Morgan fingerprint density at radius 3 is 2.53 bits per heavy atom. The molecule has 3 atom stereocenters. The molecule has 1 aliphatic heterocycles. The van der Waals surface area contributed by atoms with Crippen LogP contribution in [0.3, 0.4) is 0 Å². The highest BCUT2D eigenvalue weighted by atomic mass is 16.5. The van der Waals surface area contributed by atoms with Gasteiger partial charge in [0.05, 0.1) is 7.11 Å². The molecule has 3 heteroatoms. The van der Waals surface area contributed by atoms with E-state index in [0.717, 1.165) is 12.3 Å². The molecule has 3 nitrogen and oxygen atoms in total. The van der Waals surface area contributed by atoms with Crippen LogP contribution in [0.5, 0.6) is 5.75 Å². The molecule has 1 aliphatic rings. The van der Waals surface area contributed by atoms with Crippen molar-refractivity contribution in [2.75, 3.05) is 20.2 Å². The first-order chi connectivity index (χ1) is 9.11. The van der Waals surface area contributed by atoms with Crippen LogP contribution < -0.4 is 10.5 Å². The van der Waals surface area contributed by atoms with E-state index < -0.39 is 0 Å². The van der Waals surface area contributed by atoms with Gasteiger partial charge in [0.1, 0.15) is 5.75 Å². The van der Waals surface area contributed by atoms with E-state index in [1.165, 1.54) is 24.9 Å². The van der Waals surface area contributed by atoms with Crippen LogP contribution in [0, 0.1) is 5.92 Å². The third kappa shape index (κ3) is 3.48. The van der Waals surface area contributed by atoms with Crippen molar-refractivity contribution in [3.8, 4) is 5.75 Å². The SMILES string of the molecule is COc1ccc(C(C)N2CCCC(C(C)N)C2)cc1. The normalized spacial score (nSPS) is 23.9. The van der Waals surface area contributed by atoms with Crippen molar-refractivity contribution < 1.29 is 4.74 Å². The molecule has 106 valence electrons. The van der Waals surface area contributed by atoms with Crippen molar-refractivity contribution in [2.45, 2.75) is 38.8 Å². The molecule has 1 aromatic rings. The van der Waals surface area contributed by atoms with Crippen molar-refractivity contribution in [1.82, 2.24) is 4.90 Å². The van der Waals surface area contributed by atoms with Crippen molar-refractivity contribution >= 4 is 0 Å². The number of hydrogen-bond acceptors (Lipinski definition) is 3. The van der Waals surface area contributed by atoms with Crippen molar-refractivity contribution in [3.05, 3.63) is 29.8 Å². The molecule has 0 aliphatic carbocycles. The third-order valence-electron chi connectivity index (χ3n) is 4.38. The molecule has 1 aromatic carbocycles. The summed E-state index contributed by atoms with van der Waals surface area (Å²) in [5, 5.41) is 0. The van der Waals surface area contributed by atoms with E-state index in [9.17, 15) is 0 Å². The van der Waals surface area contributed by atoms with Gasteiger partial charge in [0, 0.05) is 18.6 Å². The van der Waals surface area contributed by atoms with E-state index >= 15 is 0 Å². The first-order valence-electron chi connectivity index (χ1n) is 7.25. The smallest absolute Gasteiger partial charge is 0.118 e. The zero-order valence-electron chi connectivity index (χ0n) is 12.3. The van der Waals surface area contributed by atoms with E-state index in [2.05, 4.69) is 30.9 Å². The summed E-state index contributed by atoms with van der Waals surface area (Å²) in [6.07, 6.45) is 2.52. The summed E-state index contributed by atoms with van der Waals surface area (Å²) in [6, 6.07) is 9.16. The van der Waals surface area contributed by atoms with Crippen LogP contribution in [0.2, 0.25) is 0 Å². The summed E-state index contributed by atoms with van der Waals surface area (Å²) in [6.45, 7) is 6.71. The lowest BCUT2D eigenvalue weighted by Crippen LogP contribution is -2.43. The minimum absolute atomic E-state index is 0.297. The lowest BCUT2D eigenvalue weighted by molar-refractivity contribution is 0.121. The Morgan fingerprint density at radius 1 is 1.26 bits per heavy atom. The average molecular weight is 262 g/mol. The molecule has 19 heavy (non-hydrogen) atoms. The van der Waals surface area contributed by atoms with Crippen LogP contribution in [0.4, 0.5) is 0 Å². The van der Waals surface area contributed by atoms with Crippen LogP contribution >= 0.6 is 0 Å². The van der Waals surface area contributed by atoms with E-state index in [1.54, 1.807) is 7.11 Å². The zero-order chi connectivity index (χ0) is 13.8. The maximum absolute atomic E-state index is 6.06. The van der Waals surface area contributed by atoms with Gasteiger partial charge in [-0.2, -0.15) is 0 Å². The van der Waals surface area contributed by atoms with E-state index in [4.69, 9.17) is 10.5 Å². The van der Waals surface area contributed by atoms with Gasteiger partial charge in [-0.05, 0) is 56.8 Å². The number of methoxy groups -OCH3 is 1. The molecular weight excluding hydrogens is 236 g/mol. The predicted octanol–water partition coefficient (Wildman–Crippen LogP) is 2.82. The summed E-state index contributed by atoms with van der Waals surface area (Å²) >= 11 is 0. The van der Waals surface area contributed by atoms with Gasteiger partial charge in [0.25, 0.3) is 0 Å². The van der Waals surface area contributed by atoms with E-state index in [1.807, 2.05) is 12.1 Å². The first kappa shape index (κ1) is 14.4. The van der Waals surface area contributed by atoms with Crippen molar-refractivity contribution in [2.24, 2.45) is 11.7 Å². The molecule has 0 amide bonds. The molecule has 0 saturated carbocycles. The molecule has 3 unspecified atom stereocenters. The number of nitrogens with two attached hydrogens (primary N) is 1. The second-order valence-electron chi connectivity index (χ2n) is 5.71. The number of benzene rings is 1. The number of nitrogens with zero attached hydrogens (tertiary/aromatic N) is 1. The fourth-order valence-electron chi connectivity index (χ4n) is 2.91. The number of rotatable bonds is 4. The topological polar surface area (TPSA) is 38.5 Å². The van der Waals surface area contributed by atoms with Gasteiger partial charge in [-0.25, -0.2) is 0 Å². The Hall–Kier alpha value is -1.06. The highest BCUT2D eigenvalue weighted by molar-refractivity contribution is 5.28. The molecule has 2 N–H and O–H groups in total. The van der Waals surface area contributed by atoms with Crippen LogP contribution in [0.1, 0.15) is 38.3 Å². The minimum atomic E-state index is 0.297. The van der Waals surface area contributed by atoms with Gasteiger partial charge in [-0.15, -0.1) is 0 Å². The number of likely N-dealkylation sites (tertiary alicyclic amines) is 1. The molecule has 1 saturated heterocycles. The molecule has 1 heterocycles. The number of ether oxygens (including phenoxy) is 1.